The van der Waals surface area contributed by atoms with Crippen LogP contribution >= 0.6 is 23.1 Å². The van der Waals surface area contributed by atoms with Gasteiger partial charge in [-0.25, -0.2) is 4.39 Å². The van der Waals surface area contributed by atoms with Gasteiger partial charge >= 0.3 is 0 Å². The zero-order chi connectivity index (χ0) is 22.3. The van der Waals surface area contributed by atoms with Crippen LogP contribution in [0.5, 0.6) is 0 Å². The number of rotatable bonds is 9. The maximum Gasteiger partial charge on any atom is 0.232 e. The van der Waals surface area contributed by atoms with E-state index in [2.05, 4.69) is 48.8 Å². The molecule has 0 atom stereocenters. The van der Waals surface area contributed by atoms with E-state index >= 15 is 0 Å². The summed E-state index contributed by atoms with van der Waals surface area (Å²) in [7, 11) is 0. The molecule has 8 nitrogen and oxygen atoms in total. The normalized spacial score (nSPS) is 10.8. The molecule has 0 aliphatic heterocycles. The molecule has 2 heterocycles. The van der Waals surface area contributed by atoms with Gasteiger partial charge in [0, 0.05) is 12.2 Å². The zero-order valence-electron chi connectivity index (χ0n) is 17.2. The SMILES string of the molecule is CCc1ccccc1Nc1nc(N)nc(CSc2nnc(NCc3ccc(F)cc3)s2)n1. The number of benzene rings is 2. The van der Waals surface area contributed by atoms with Gasteiger partial charge in [0.2, 0.25) is 17.0 Å². The van der Waals surface area contributed by atoms with Crippen molar-refractivity contribution in [3.63, 3.8) is 0 Å². The van der Waals surface area contributed by atoms with Crippen LogP contribution in [0.25, 0.3) is 0 Å². The first-order valence-electron chi connectivity index (χ1n) is 9.89. The highest BCUT2D eigenvalue weighted by Gasteiger charge is 2.10. The number of hydrogen-bond acceptors (Lipinski definition) is 10. The number of anilines is 4. The fraction of sp³-hybridized carbons (Fsp3) is 0.190. The first-order valence-corrected chi connectivity index (χ1v) is 11.7. The molecule has 0 aliphatic carbocycles. The second-order valence-corrected chi connectivity index (χ2v) is 8.91. The third-order valence-electron chi connectivity index (χ3n) is 4.43. The number of aromatic nitrogens is 5. The van der Waals surface area contributed by atoms with Crippen LogP contribution in [0.2, 0.25) is 0 Å². The van der Waals surface area contributed by atoms with E-state index in [0.717, 1.165) is 27.6 Å². The van der Waals surface area contributed by atoms with Crippen molar-refractivity contribution in [2.24, 2.45) is 0 Å². The molecule has 11 heteroatoms. The molecule has 0 radical (unpaired) electrons. The topological polar surface area (TPSA) is 115 Å². The minimum absolute atomic E-state index is 0.158. The van der Waals surface area contributed by atoms with Gasteiger partial charge in [-0.15, -0.1) is 10.2 Å². The van der Waals surface area contributed by atoms with E-state index < -0.39 is 0 Å². The van der Waals surface area contributed by atoms with Gasteiger partial charge in [0.15, 0.2) is 4.34 Å². The third kappa shape index (κ3) is 5.89. The summed E-state index contributed by atoms with van der Waals surface area (Å²) >= 11 is 2.90. The Labute approximate surface area is 192 Å². The Kier molecular flexibility index (Phi) is 7.07. The monoisotopic (exact) mass is 468 g/mol. The predicted octanol–water partition coefficient (Wildman–Crippen LogP) is 4.65. The number of nitrogen functional groups attached to an aromatic ring is 1. The summed E-state index contributed by atoms with van der Waals surface area (Å²) in [6.07, 6.45) is 0.890. The van der Waals surface area contributed by atoms with Gasteiger partial charge in [0.05, 0.1) is 5.75 Å². The van der Waals surface area contributed by atoms with Crippen LogP contribution in [0.1, 0.15) is 23.9 Å². The Morgan fingerprint density at radius 1 is 1.03 bits per heavy atom. The highest BCUT2D eigenvalue weighted by Crippen LogP contribution is 2.28. The number of halogens is 1. The van der Waals surface area contributed by atoms with Gasteiger partial charge in [-0.05, 0) is 35.7 Å². The third-order valence-corrected chi connectivity index (χ3v) is 6.44. The molecule has 0 saturated heterocycles. The molecule has 4 aromatic rings. The quantitative estimate of drug-likeness (QED) is 0.302. The van der Waals surface area contributed by atoms with Crippen LogP contribution in [0, 0.1) is 5.82 Å². The van der Waals surface area contributed by atoms with E-state index in [1.165, 1.54) is 35.2 Å². The second-order valence-electron chi connectivity index (χ2n) is 6.71. The molecule has 32 heavy (non-hydrogen) atoms. The summed E-state index contributed by atoms with van der Waals surface area (Å²) in [5.41, 5.74) is 8.96. The van der Waals surface area contributed by atoms with E-state index in [1.54, 1.807) is 12.1 Å². The van der Waals surface area contributed by atoms with Gasteiger partial charge in [0.25, 0.3) is 0 Å². The van der Waals surface area contributed by atoms with Crippen LogP contribution in [0.3, 0.4) is 0 Å². The van der Waals surface area contributed by atoms with Gasteiger partial charge in [0.1, 0.15) is 11.6 Å². The van der Waals surface area contributed by atoms with E-state index in [-0.39, 0.29) is 11.8 Å². The molecule has 0 unspecified atom stereocenters. The number of nitrogens with zero attached hydrogens (tertiary/aromatic N) is 5. The van der Waals surface area contributed by atoms with Crippen molar-refractivity contribution < 1.29 is 4.39 Å². The summed E-state index contributed by atoms with van der Waals surface area (Å²) in [6.45, 7) is 2.63. The molecule has 2 aromatic carbocycles. The number of hydrogen-bond donors (Lipinski definition) is 3. The van der Waals surface area contributed by atoms with Crippen molar-refractivity contribution in [2.75, 3.05) is 16.4 Å². The Hall–Kier alpha value is -3.31. The van der Waals surface area contributed by atoms with Gasteiger partial charge in [-0.1, -0.05) is 60.4 Å². The lowest BCUT2D eigenvalue weighted by Crippen LogP contribution is -2.07. The largest absolute Gasteiger partial charge is 0.368 e. The van der Waals surface area contributed by atoms with Crippen LogP contribution in [-0.2, 0) is 18.7 Å². The molecule has 0 amide bonds. The lowest BCUT2D eigenvalue weighted by atomic mass is 10.1. The molecule has 0 bridgehead atoms. The lowest BCUT2D eigenvalue weighted by Gasteiger charge is -2.10. The average molecular weight is 469 g/mol. The summed E-state index contributed by atoms with van der Waals surface area (Å²) in [5, 5.41) is 15.4. The zero-order valence-corrected chi connectivity index (χ0v) is 18.9. The molecular formula is C21H21FN8S2. The lowest BCUT2D eigenvalue weighted by molar-refractivity contribution is 0.627. The standard InChI is InChI=1S/C21H21FN8S2/c1-2-14-5-3-4-6-16(14)25-19-27-17(26-18(23)28-19)12-31-21-30-29-20(32-21)24-11-13-7-9-15(22)10-8-13/h3-10H,2,11-12H2,1H3,(H,24,29)(H3,23,25,26,27,28). The molecule has 4 rings (SSSR count). The predicted molar refractivity (Wildman–Crippen MR) is 127 cm³/mol. The first kappa shape index (κ1) is 21.9. The fourth-order valence-corrected chi connectivity index (χ4v) is 4.48. The van der Waals surface area contributed by atoms with Crippen LogP contribution in [0.4, 0.5) is 27.1 Å². The minimum atomic E-state index is -0.254. The summed E-state index contributed by atoms with van der Waals surface area (Å²) in [5.74, 6) is 1.34. The fourth-order valence-electron chi connectivity index (χ4n) is 2.88. The second kappa shape index (κ2) is 10.3. The minimum Gasteiger partial charge on any atom is -0.368 e. The van der Waals surface area contributed by atoms with Crippen molar-refractivity contribution in [2.45, 2.75) is 30.0 Å². The van der Waals surface area contributed by atoms with E-state index in [9.17, 15) is 4.39 Å². The first-order chi connectivity index (χ1) is 15.6. The maximum absolute atomic E-state index is 13.0. The van der Waals surface area contributed by atoms with Crippen molar-refractivity contribution in [3.05, 3.63) is 71.3 Å². The summed E-state index contributed by atoms with van der Waals surface area (Å²) in [6, 6.07) is 14.3. The van der Waals surface area contributed by atoms with Crippen LogP contribution < -0.4 is 16.4 Å². The Balaban J connectivity index is 1.36. The van der Waals surface area contributed by atoms with Crippen LogP contribution in [0.15, 0.2) is 52.9 Å². The van der Waals surface area contributed by atoms with Crippen molar-refractivity contribution in [1.29, 1.82) is 0 Å². The molecular weight excluding hydrogens is 447 g/mol. The summed E-state index contributed by atoms with van der Waals surface area (Å²) < 4.78 is 13.8. The van der Waals surface area contributed by atoms with Crippen molar-refractivity contribution in [1.82, 2.24) is 25.1 Å². The molecule has 0 fully saturated rings. The van der Waals surface area contributed by atoms with Gasteiger partial charge in [-0.2, -0.15) is 15.0 Å². The molecule has 0 spiro atoms. The highest BCUT2D eigenvalue weighted by molar-refractivity contribution is 8.00. The van der Waals surface area contributed by atoms with Crippen molar-refractivity contribution in [3.8, 4) is 0 Å². The highest BCUT2D eigenvalue weighted by atomic mass is 32.2. The van der Waals surface area contributed by atoms with E-state index in [4.69, 9.17) is 5.73 Å². The van der Waals surface area contributed by atoms with Gasteiger partial charge in [-0.3, -0.25) is 0 Å². The number of para-hydroxylation sites is 1. The Morgan fingerprint density at radius 2 is 1.84 bits per heavy atom. The molecule has 0 aliphatic rings. The Bertz CT molecular complexity index is 1180. The number of nitrogens with one attached hydrogen (secondary N) is 2. The van der Waals surface area contributed by atoms with E-state index in [0.29, 0.717) is 29.2 Å². The van der Waals surface area contributed by atoms with E-state index in [1.807, 2.05) is 18.2 Å². The number of aryl methyl sites for hydroxylation is 1. The average Bonchev–Trinajstić information content (AvgIpc) is 3.25. The van der Waals surface area contributed by atoms with Gasteiger partial charge < -0.3 is 16.4 Å². The maximum atomic E-state index is 13.0. The summed E-state index contributed by atoms with van der Waals surface area (Å²) in [4.78, 5) is 12.9. The van der Waals surface area contributed by atoms with Crippen LogP contribution in [-0.4, -0.2) is 25.1 Å². The molecule has 2 aromatic heterocycles. The number of nitrogens with two attached hydrogens (primary N) is 1. The Morgan fingerprint density at radius 3 is 2.66 bits per heavy atom. The molecule has 164 valence electrons. The number of thioether (sulfide) groups is 1. The molecule has 0 saturated carbocycles. The smallest absolute Gasteiger partial charge is 0.232 e. The van der Waals surface area contributed by atoms with Crippen molar-refractivity contribution >= 4 is 45.8 Å². The molecule has 4 N–H and O–H groups in total.